The third-order valence-electron chi connectivity index (χ3n) is 2.70. The molecule has 0 fully saturated rings. The number of aliphatic hydroxyl groups is 1. The number of aromatic nitrogens is 1. The minimum atomic E-state index is -0.221. The third kappa shape index (κ3) is 3.43. The minimum Gasteiger partial charge on any atom is -0.393 e. The lowest BCUT2D eigenvalue weighted by Gasteiger charge is -2.07. The van der Waals surface area contributed by atoms with E-state index in [1.165, 1.54) is 0 Å². The van der Waals surface area contributed by atoms with Gasteiger partial charge in [-0.1, -0.05) is 18.2 Å². The largest absolute Gasteiger partial charge is 0.393 e. The number of nitrogens with one attached hydrogen (secondary N) is 1. The van der Waals surface area contributed by atoms with Crippen LogP contribution in [-0.2, 0) is 0 Å². The smallest absolute Gasteiger partial charge is 0.126 e. The molecule has 0 aliphatic carbocycles. The summed E-state index contributed by atoms with van der Waals surface area (Å²) in [5.41, 5.74) is 1.01. The van der Waals surface area contributed by atoms with Crippen LogP contribution in [0.3, 0.4) is 0 Å². The first-order valence-electron chi connectivity index (χ1n) is 6.03. The fourth-order valence-electron chi connectivity index (χ4n) is 1.78. The molecule has 0 saturated heterocycles. The molecule has 3 nitrogen and oxygen atoms in total. The van der Waals surface area contributed by atoms with Crippen molar-refractivity contribution in [3.8, 4) is 0 Å². The molecule has 0 spiro atoms. The number of aliphatic hydroxyl groups excluding tert-OH is 1. The van der Waals surface area contributed by atoms with Crippen LogP contribution in [0.25, 0.3) is 10.9 Å². The molecule has 1 aromatic carbocycles. The number of para-hydroxylation sites is 1. The zero-order chi connectivity index (χ0) is 12.1. The zero-order valence-electron chi connectivity index (χ0n) is 10.1. The summed E-state index contributed by atoms with van der Waals surface area (Å²) in [4.78, 5) is 4.52. The van der Waals surface area contributed by atoms with Crippen molar-refractivity contribution in [1.82, 2.24) is 4.98 Å². The SMILES string of the molecule is CC(O)CCCNc1ccc2ccccc2n1. The Hall–Kier alpha value is -1.61. The minimum absolute atomic E-state index is 0.221. The summed E-state index contributed by atoms with van der Waals surface area (Å²) in [6.45, 7) is 2.66. The van der Waals surface area contributed by atoms with Crippen LogP contribution >= 0.6 is 0 Å². The highest BCUT2D eigenvalue weighted by Gasteiger charge is 1.98. The molecular weight excluding hydrogens is 212 g/mol. The fraction of sp³-hybridized carbons (Fsp3) is 0.357. The van der Waals surface area contributed by atoms with Crippen molar-refractivity contribution >= 4 is 16.7 Å². The van der Waals surface area contributed by atoms with Crippen molar-refractivity contribution in [2.45, 2.75) is 25.9 Å². The number of fused-ring (bicyclic) bond motifs is 1. The Morgan fingerprint density at radius 3 is 2.88 bits per heavy atom. The molecule has 3 heteroatoms. The lowest BCUT2D eigenvalue weighted by molar-refractivity contribution is 0.183. The van der Waals surface area contributed by atoms with Crippen LogP contribution < -0.4 is 5.32 Å². The van der Waals surface area contributed by atoms with E-state index in [0.29, 0.717) is 0 Å². The molecule has 0 bridgehead atoms. The van der Waals surface area contributed by atoms with Gasteiger partial charge in [-0.2, -0.15) is 0 Å². The first-order chi connectivity index (χ1) is 8.25. The maximum Gasteiger partial charge on any atom is 0.126 e. The fourth-order valence-corrected chi connectivity index (χ4v) is 1.78. The molecule has 0 radical (unpaired) electrons. The number of benzene rings is 1. The first-order valence-corrected chi connectivity index (χ1v) is 6.03. The molecule has 1 heterocycles. The van der Waals surface area contributed by atoms with E-state index in [4.69, 9.17) is 5.11 Å². The maximum absolute atomic E-state index is 9.15. The van der Waals surface area contributed by atoms with E-state index in [1.54, 1.807) is 0 Å². The highest BCUT2D eigenvalue weighted by molar-refractivity contribution is 5.79. The standard InChI is InChI=1S/C14H18N2O/c1-11(17)5-4-10-15-14-9-8-12-6-2-3-7-13(12)16-14/h2-3,6-9,11,17H,4-5,10H2,1H3,(H,15,16). The molecule has 2 aromatic rings. The monoisotopic (exact) mass is 230 g/mol. The van der Waals surface area contributed by atoms with E-state index in [0.717, 1.165) is 36.1 Å². The Bertz CT molecular complexity index is 482. The molecule has 90 valence electrons. The second-order valence-corrected chi connectivity index (χ2v) is 4.31. The number of nitrogens with zero attached hydrogens (tertiary/aromatic N) is 1. The van der Waals surface area contributed by atoms with Gasteiger partial charge in [-0.05, 0) is 38.0 Å². The Balaban J connectivity index is 1.95. The summed E-state index contributed by atoms with van der Waals surface area (Å²) in [5.74, 6) is 0.897. The number of anilines is 1. The molecular formula is C14H18N2O. The summed E-state index contributed by atoms with van der Waals surface area (Å²) in [6, 6.07) is 12.1. The van der Waals surface area contributed by atoms with Gasteiger partial charge in [0.1, 0.15) is 5.82 Å². The zero-order valence-corrected chi connectivity index (χ0v) is 10.1. The molecule has 1 atom stereocenters. The molecule has 0 aliphatic heterocycles. The summed E-state index contributed by atoms with van der Waals surface area (Å²) in [7, 11) is 0. The summed E-state index contributed by atoms with van der Waals surface area (Å²) < 4.78 is 0. The average molecular weight is 230 g/mol. The Morgan fingerprint density at radius 1 is 1.24 bits per heavy atom. The third-order valence-corrected chi connectivity index (χ3v) is 2.70. The Kier molecular flexibility index (Phi) is 3.94. The maximum atomic E-state index is 9.15. The van der Waals surface area contributed by atoms with Crippen molar-refractivity contribution in [3.05, 3.63) is 36.4 Å². The highest BCUT2D eigenvalue weighted by Crippen LogP contribution is 2.14. The second-order valence-electron chi connectivity index (χ2n) is 4.31. The van der Waals surface area contributed by atoms with Gasteiger partial charge in [0.15, 0.2) is 0 Å². The molecule has 1 unspecified atom stereocenters. The van der Waals surface area contributed by atoms with Crippen LogP contribution in [0.2, 0.25) is 0 Å². The lowest BCUT2D eigenvalue weighted by atomic mass is 10.2. The van der Waals surface area contributed by atoms with E-state index in [9.17, 15) is 0 Å². The summed E-state index contributed by atoms with van der Waals surface area (Å²) >= 11 is 0. The van der Waals surface area contributed by atoms with Crippen LogP contribution in [0.4, 0.5) is 5.82 Å². The Labute approximate surface area is 102 Å². The van der Waals surface area contributed by atoms with E-state index in [-0.39, 0.29) is 6.10 Å². The predicted octanol–water partition coefficient (Wildman–Crippen LogP) is 2.81. The van der Waals surface area contributed by atoms with Crippen molar-refractivity contribution < 1.29 is 5.11 Å². The quantitative estimate of drug-likeness (QED) is 0.776. The van der Waals surface area contributed by atoms with Gasteiger partial charge in [0.05, 0.1) is 11.6 Å². The van der Waals surface area contributed by atoms with Gasteiger partial charge in [0, 0.05) is 11.9 Å². The molecule has 0 saturated carbocycles. The number of hydrogen-bond acceptors (Lipinski definition) is 3. The normalized spacial score (nSPS) is 12.6. The van der Waals surface area contributed by atoms with Gasteiger partial charge >= 0.3 is 0 Å². The second kappa shape index (κ2) is 5.64. The van der Waals surface area contributed by atoms with Crippen LogP contribution in [0.15, 0.2) is 36.4 Å². The molecule has 1 aromatic heterocycles. The van der Waals surface area contributed by atoms with Gasteiger partial charge in [0.2, 0.25) is 0 Å². The van der Waals surface area contributed by atoms with Crippen molar-refractivity contribution in [1.29, 1.82) is 0 Å². The molecule has 2 N–H and O–H groups in total. The van der Waals surface area contributed by atoms with Crippen molar-refractivity contribution in [2.24, 2.45) is 0 Å². The molecule has 17 heavy (non-hydrogen) atoms. The van der Waals surface area contributed by atoms with E-state index < -0.39 is 0 Å². The van der Waals surface area contributed by atoms with E-state index in [1.807, 2.05) is 31.2 Å². The van der Waals surface area contributed by atoms with Gasteiger partial charge in [0.25, 0.3) is 0 Å². The van der Waals surface area contributed by atoms with Crippen LogP contribution in [0.1, 0.15) is 19.8 Å². The molecule has 0 amide bonds. The number of hydrogen-bond donors (Lipinski definition) is 2. The molecule has 0 aliphatic rings. The average Bonchev–Trinajstić information content (AvgIpc) is 2.34. The van der Waals surface area contributed by atoms with Crippen LogP contribution in [0, 0.1) is 0 Å². The van der Waals surface area contributed by atoms with E-state index >= 15 is 0 Å². The van der Waals surface area contributed by atoms with Crippen LogP contribution in [0.5, 0.6) is 0 Å². The lowest BCUT2D eigenvalue weighted by Crippen LogP contribution is -2.07. The first kappa shape index (κ1) is 11.9. The van der Waals surface area contributed by atoms with Gasteiger partial charge < -0.3 is 10.4 Å². The van der Waals surface area contributed by atoms with Crippen molar-refractivity contribution in [3.63, 3.8) is 0 Å². The number of rotatable bonds is 5. The predicted molar refractivity (Wildman–Crippen MR) is 71.1 cm³/mol. The van der Waals surface area contributed by atoms with Gasteiger partial charge in [-0.25, -0.2) is 4.98 Å². The van der Waals surface area contributed by atoms with Gasteiger partial charge in [-0.3, -0.25) is 0 Å². The summed E-state index contributed by atoms with van der Waals surface area (Å²) in [5, 5.41) is 13.6. The van der Waals surface area contributed by atoms with Gasteiger partial charge in [-0.15, -0.1) is 0 Å². The van der Waals surface area contributed by atoms with E-state index in [2.05, 4.69) is 22.4 Å². The molecule has 2 rings (SSSR count). The van der Waals surface area contributed by atoms with Crippen molar-refractivity contribution in [2.75, 3.05) is 11.9 Å². The number of pyridine rings is 1. The highest BCUT2D eigenvalue weighted by atomic mass is 16.3. The summed E-state index contributed by atoms with van der Waals surface area (Å²) in [6.07, 6.45) is 1.55. The topological polar surface area (TPSA) is 45.1 Å². The Morgan fingerprint density at radius 2 is 2.06 bits per heavy atom. The van der Waals surface area contributed by atoms with Crippen LogP contribution in [-0.4, -0.2) is 22.7 Å².